The Labute approximate surface area is 168 Å². The summed E-state index contributed by atoms with van der Waals surface area (Å²) >= 11 is 6.24. The number of rotatable bonds is 5. The van der Waals surface area contributed by atoms with Crippen molar-refractivity contribution in [1.29, 1.82) is 0 Å². The van der Waals surface area contributed by atoms with E-state index in [0.29, 0.717) is 48.4 Å². The van der Waals surface area contributed by atoms with Crippen LogP contribution in [0, 0.1) is 0 Å². The van der Waals surface area contributed by atoms with Gasteiger partial charge in [0.2, 0.25) is 11.8 Å². The van der Waals surface area contributed by atoms with Gasteiger partial charge in [-0.3, -0.25) is 9.59 Å². The van der Waals surface area contributed by atoms with Crippen LogP contribution in [0.3, 0.4) is 0 Å². The number of likely N-dealkylation sites (tertiary alicyclic amines) is 1. The quantitative estimate of drug-likeness (QED) is 0.835. The third-order valence-corrected chi connectivity index (χ3v) is 5.06. The lowest BCUT2D eigenvalue weighted by atomic mass is 10.1. The largest absolute Gasteiger partial charge is 0.486 e. The summed E-state index contributed by atoms with van der Waals surface area (Å²) in [7, 11) is 0. The summed E-state index contributed by atoms with van der Waals surface area (Å²) in [6.07, 6.45) is 1.70. The number of hydrogen-bond acceptors (Lipinski definition) is 4. The second-order valence-electron chi connectivity index (χ2n) is 6.95. The van der Waals surface area contributed by atoms with Gasteiger partial charge in [0.25, 0.3) is 0 Å². The smallest absolute Gasteiger partial charge is 0.228 e. The first-order chi connectivity index (χ1) is 13.6. The maximum Gasteiger partial charge on any atom is 0.228 e. The highest BCUT2D eigenvalue weighted by Gasteiger charge is 2.20. The number of anilines is 1. The zero-order valence-corrected chi connectivity index (χ0v) is 16.1. The zero-order valence-electron chi connectivity index (χ0n) is 15.4. The molecular weight excluding hydrogens is 380 g/mol. The number of fused-ring (bicyclic) bond motifs is 1. The van der Waals surface area contributed by atoms with Gasteiger partial charge in [0, 0.05) is 25.2 Å². The molecule has 0 radical (unpaired) electrons. The molecule has 4 rings (SSSR count). The molecule has 146 valence electrons. The fourth-order valence-electron chi connectivity index (χ4n) is 3.50. The van der Waals surface area contributed by atoms with E-state index in [0.717, 1.165) is 24.1 Å². The number of hydrogen-bond donors (Lipinski definition) is 1. The van der Waals surface area contributed by atoms with E-state index in [1.807, 2.05) is 29.2 Å². The molecule has 2 heterocycles. The Morgan fingerprint density at radius 3 is 2.82 bits per heavy atom. The summed E-state index contributed by atoms with van der Waals surface area (Å²) in [6.45, 7) is 2.29. The highest BCUT2D eigenvalue weighted by Crippen LogP contribution is 2.38. The first-order valence-corrected chi connectivity index (χ1v) is 9.71. The van der Waals surface area contributed by atoms with E-state index in [2.05, 4.69) is 5.32 Å². The van der Waals surface area contributed by atoms with Crippen LogP contribution >= 0.6 is 11.6 Å². The van der Waals surface area contributed by atoms with E-state index in [-0.39, 0.29) is 18.2 Å². The van der Waals surface area contributed by atoms with Crippen LogP contribution in [0.5, 0.6) is 11.5 Å². The third-order valence-electron chi connectivity index (χ3n) is 4.78. The lowest BCUT2D eigenvalue weighted by molar-refractivity contribution is -0.128. The maximum atomic E-state index is 12.5. The van der Waals surface area contributed by atoms with Gasteiger partial charge in [-0.15, -0.1) is 0 Å². The fourth-order valence-corrected chi connectivity index (χ4v) is 3.78. The van der Waals surface area contributed by atoms with Gasteiger partial charge in [0.15, 0.2) is 11.5 Å². The number of nitrogens with zero attached hydrogens (tertiary/aromatic N) is 1. The lowest BCUT2D eigenvalue weighted by Gasteiger charge is -2.20. The van der Waals surface area contributed by atoms with Gasteiger partial charge in [-0.2, -0.15) is 0 Å². The van der Waals surface area contributed by atoms with Gasteiger partial charge >= 0.3 is 0 Å². The van der Waals surface area contributed by atoms with Crippen molar-refractivity contribution in [3.05, 3.63) is 52.5 Å². The highest BCUT2D eigenvalue weighted by molar-refractivity contribution is 6.32. The Bertz CT molecular complexity index is 915. The molecule has 6 nitrogen and oxygen atoms in total. The van der Waals surface area contributed by atoms with Gasteiger partial charge in [0.05, 0.1) is 11.4 Å². The molecule has 1 saturated heterocycles. The minimum absolute atomic E-state index is 0.151. The third kappa shape index (κ3) is 4.22. The molecule has 2 aromatic rings. The van der Waals surface area contributed by atoms with E-state index in [4.69, 9.17) is 21.1 Å². The van der Waals surface area contributed by atoms with E-state index >= 15 is 0 Å². The number of carbonyl (C=O) groups excluding carboxylic acids is 2. The van der Waals surface area contributed by atoms with Crippen LogP contribution in [0.2, 0.25) is 5.02 Å². The van der Waals surface area contributed by atoms with Crippen molar-refractivity contribution in [2.45, 2.75) is 25.8 Å². The highest BCUT2D eigenvalue weighted by atomic mass is 35.5. The van der Waals surface area contributed by atoms with E-state index in [9.17, 15) is 9.59 Å². The van der Waals surface area contributed by atoms with Gasteiger partial charge in [0.1, 0.15) is 13.2 Å². The van der Waals surface area contributed by atoms with E-state index < -0.39 is 0 Å². The second kappa shape index (κ2) is 8.10. The Morgan fingerprint density at radius 1 is 1.14 bits per heavy atom. The molecule has 0 aliphatic carbocycles. The normalized spacial score (nSPS) is 15.6. The first kappa shape index (κ1) is 18.6. The van der Waals surface area contributed by atoms with Crippen LogP contribution in [0.25, 0.3) is 0 Å². The number of carbonyl (C=O) groups is 2. The average molecular weight is 401 g/mol. The summed E-state index contributed by atoms with van der Waals surface area (Å²) in [5.41, 5.74) is 2.46. The lowest BCUT2D eigenvalue weighted by Crippen LogP contribution is -2.24. The molecule has 0 unspecified atom stereocenters. The van der Waals surface area contributed by atoms with Gasteiger partial charge in [-0.1, -0.05) is 23.7 Å². The zero-order chi connectivity index (χ0) is 19.5. The molecule has 2 aliphatic rings. The number of nitrogens with one attached hydrogen (secondary N) is 1. The molecular formula is C21H21ClN2O4. The standard InChI is InChI=1S/C21H21ClN2O4/c22-17-10-15(11-18-21(17)28-8-7-27-18)12-19(25)23-16-4-1-3-14(9-16)13-24-6-2-5-20(24)26/h1,3-4,9-11H,2,5-8,12-13H2,(H,23,25). The topological polar surface area (TPSA) is 67.9 Å². The fraction of sp³-hybridized carbons (Fsp3) is 0.333. The summed E-state index contributed by atoms with van der Waals surface area (Å²) < 4.78 is 11.1. The Balaban J connectivity index is 1.40. The Hall–Kier alpha value is -2.73. The molecule has 1 N–H and O–H groups in total. The van der Waals surface area contributed by atoms with Crippen molar-refractivity contribution >= 4 is 29.1 Å². The summed E-state index contributed by atoms with van der Waals surface area (Å²) in [4.78, 5) is 26.1. The number of benzene rings is 2. The maximum absolute atomic E-state index is 12.5. The molecule has 28 heavy (non-hydrogen) atoms. The van der Waals surface area contributed by atoms with Gasteiger partial charge in [-0.25, -0.2) is 0 Å². The predicted octanol–water partition coefficient (Wildman–Crippen LogP) is 3.41. The molecule has 1 fully saturated rings. The molecule has 0 bridgehead atoms. The molecule has 2 aromatic carbocycles. The van der Waals surface area contributed by atoms with Crippen LogP contribution in [0.1, 0.15) is 24.0 Å². The van der Waals surface area contributed by atoms with Crippen LogP contribution in [-0.2, 0) is 22.6 Å². The van der Waals surface area contributed by atoms with Crippen molar-refractivity contribution in [1.82, 2.24) is 4.90 Å². The molecule has 2 amide bonds. The van der Waals surface area contributed by atoms with Crippen LogP contribution < -0.4 is 14.8 Å². The van der Waals surface area contributed by atoms with Crippen LogP contribution in [0.15, 0.2) is 36.4 Å². The second-order valence-corrected chi connectivity index (χ2v) is 7.35. The summed E-state index contributed by atoms with van der Waals surface area (Å²) in [5, 5.41) is 3.35. The number of ether oxygens (including phenoxy) is 2. The molecule has 0 aromatic heterocycles. The van der Waals surface area contributed by atoms with Gasteiger partial charge in [-0.05, 0) is 41.8 Å². The van der Waals surface area contributed by atoms with Crippen LogP contribution in [-0.4, -0.2) is 36.5 Å². The minimum atomic E-state index is -0.151. The monoisotopic (exact) mass is 400 g/mol. The van der Waals surface area contributed by atoms with Crippen molar-refractivity contribution in [2.24, 2.45) is 0 Å². The van der Waals surface area contributed by atoms with E-state index in [1.54, 1.807) is 12.1 Å². The van der Waals surface area contributed by atoms with Gasteiger partial charge < -0.3 is 19.7 Å². The van der Waals surface area contributed by atoms with Crippen LogP contribution in [0.4, 0.5) is 5.69 Å². The van der Waals surface area contributed by atoms with Crippen molar-refractivity contribution in [3.8, 4) is 11.5 Å². The molecule has 7 heteroatoms. The molecule has 2 aliphatic heterocycles. The predicted molar refractivity (Wildman–Crippen MR) is 106 cm³/mol. The summed E-state index contributed by atoms with van der Waals surface area (Å²) in [5.74, 6) is 1.13. The molecule has 0 spiro atoms. The molecule has 0 saturated carbocycles. The number of halogens is 1. The van der Waals surface area contributed by atoms with Crippen molar-refractivity contribution in [3.63, 3.8) is 0 Å². The van der Waals surface area contributed by atoms with E-state index in [1.165, 1.54) is 0 Å². The number of amides is 2. The minimum Gasteiger partial charge on any atom is -0.486 e. The average Bonchev–Trinajstić information content (AvgIpc) is 3.06. The Kier molecular flexibility index (Phi) is 5.39. The van der Waals surface area contributed by atoms with Crippen molar-refractivity contribution < 1.29 is 19.1 Å². The summed E-state index contributed by atoms with van der Waals surface area (Å²) in [6, 6.07) is 11.1. The van der Waals surface area contributed by atoms with Crippen molar-refractivity contribution in [2.75, 3.05) is 25.1 Å². The first-order valence-electron chi connectivity index (χ1n) is 9.33. The SMILES string of the molecule is O=C(Cc1cc(Cl)c2c(c1)OCCO2)Nc1cccc(CN2CCCC2=O)c1. The Morgan fingerprint density at radius 2 is 2.00 bits per heavy atom. The molecule has 0 atom stereocenters.